The molecule has 0 bridgehead atoms. The van der Waals surface area contributed by atoms with Gasteiger partial charge in [0.25, 0.3) is 5.91 Å². The molecule has 140 valence electrons. The second-order valence-electron chi connectivity index (χ2n) is 7.10. The number of likely N-dealkylation sites (tertiary alicyclic amines) is 1. The number of hydrogen-bond acceptors (Lipinski definition) is 2. The molecule has 1 aliphatic heterocycles. The molecular formula is C23H26N2O2. The van der Waals surface area contributed by atoms with Gasteiger partial charge in [-0.1, -0.05) is 48.5 Å². The lowest BCUT2D eigenvalue weighted by Crippen LogP contribution is -2.37. The predicted molar refractivity (Wildman–Crippen MR) is 108 cm³/mol. The molecule has 0 atom stereocenters. The summed E-state index contributed by atoms with van der Waals surface area (Å²) < 4.78 is 0. The van der Waals surface area contributed by atoms with Crippen LogP contribution >= 0.6 is 0 Å². The van der Waals surface area contributed by atoms with E-state index in [1.807, 2.05) is 29.2 Å². The van der Waals surface area contributed by atoms with Crippen molar-refractivity contribution in [1.82, 2.24) is 10.2 Å². The molecule has 1 fully saturated rings. The van der Waals surface area contributed by atoms with Gasteiger partial charge >= 0.3 is 0 Å². The van der Waals surface area contributed by atoms with Crippen LogP contribution in [0.3, 0.4) is 0 Å². The van der Waals surface area contributed by atoms with Crippen LogP contribution < -0.4 is 5.32 Å². The maximum atomic E-state index is 12.8. The lowest BCUT2D eigenvalue weighted by atomic mass is 9.89. The van der Waals surface area contributed by atoms with E-state index in [9.17, 15) is 9.59 Å². The predicted octanol–water partition coefficient (Wildman–Crippen LogP) is 3.82. The Bertz CT molecular complexity index is 801. The van der Waals surface area contributed by atoms with Gasteiger partial charge in [0.15, 0.2) is 0 Å². The van der Waals surface area contributed by atoms with Gasteiger partial charge in [-0.2, -0.15) is 0 Å². The van der Waals surface area contributed by atoms with Crippen LogP contribution in [-0.4, -0.2) is 29.8 Å². The smallest absolute Gasteiger partial charge is 0.253 e. The molecule has 2 amide bonds. The fourth-order valence-electron chi connectivity index (χ4n) is 3.46. The van der Waals surface area contributed by atoms with Crippen molar-refractivity contribution in [1.29, 1.82) is 0 Å². The molecule has 1 N–H and O–H groups in total. The van der Waals surface area contributed by atoms with E-state index in [-0.39, 0.29) is 11.8 Å². The number of piperidine rings is 1. The highest BCUT2D eigenvalue weighted by molar-refractivity contribution is 5.94. The van der Waals surface area contributed by atoms with E-state index in [1.165, 1.54) is 17.2 Å². The number of amides is 2. The minimum atomic E-state index is -0.202. The van der Waals surface area contributed by atoms with Gasteiger partial charge in [-0.3, -0.25) is 9.59 Å². The third kappa shape index (κ3) is 4.85. The molecule has 1 saturated heterocycles. The Kier molecular flexibility index (Phi) is 6.07. The Labute approximate surface area is 160 Å². The van der Waals surface area contributed by atoms with Crippen LogP contribution in [0.15, 0.2) is 61.2 Å². The summed E-state index contributed by atoms with van der Waals surface area (Å²) in [6.07, 6.45) is 3.25. The number of hydrogen-bond donors (Lipinski definition) is 1. The highest BCUT2D eigenvalue weighted by Crippen LogP contribution is 2.28. The monoisotopic (exact) mass is 362 g/mol. The van der Waals surface area contributed by atoms with Crippen molar-refractivity contribution in [2.75, 3.05) is 13.1 Å². The van der Waals surface area contributed by atoms with Gasteiger partial charge in [0.05, 0.1) is 0 Å². The highest BCUT2D eigenvalue weighted by atomic mass is 16.2. The Morgan fingerprint density at radius 1 is 1.07 bits per heavy atom. The average molecular weight is 362 g/mol. The van der Waals surface area contributed by atoms with Crippen molar-refractivity contribution >= 4 is 11.8 Å². The first-order chi connectivity index (χ1) is 13.1. The van der Waals surface area contributed by atoms with Crippen molar-refractivity contribution in [3.63, 3.8) is 0 Å². The summed E-state index contributed by atoms with van der Waals surface area (Å²) >= 11 is 0. The molecule has 3 rings (SSSR count). The summed E-state index contributed by atoms with van der Waals surface area (Å²) in [4.78, 5) is 25.9. The van der Waals surface area contributed by atoms with Gasteiger partial charge in [0, 0.05) is 25.2 Å². The van der Waals surface area contributed by atoms with Gasteiger partial charge in [-0.05, 0) is 55.0 Å². The minimum Gasteiger partial charge on any atom is -0.348 e. The fourth-order valence-corrected chi connectivity index (χ4v) is 3.46. The molecule has 0 saturated carbocycles. The normalized spacial score (nSPS) is 14.6. The fraction of sp³-hybridized carbons (Fsp3) is 0.304. The lowest BCUT2D eigenvalue weighted by molar-refractivity contribution is -0.116. The molecule has 0 radical (unpaired) electrons. The summed E-state index contributed by atoms with van der Waals surface area (Å²) in [5.74, 6) is 0.413. The maximum Gasteiger partial charge on any atom is 0.253 e. The number of nitrogens with zero attached hydrogens (tertiary/aromatic N) is 1. The van der Waals surface area contributed by atoms with Crippen molar-refractivity contribution in [2.45, 2.75) is 32.2 Å². The van der Waals surface area contributed by atoms with E-state index in [4.69, 9.17) is 0 Å². The first kappa shape index (κ1) is 18.9. The SMILES string of the molecule is C=CC(=O)NCc1ccc(C(=O)N2CCC(c3ccc(C)cc3)CC2)cc1. The molecule has 27 heavy (non-hydrogen) atoms. The molecule has 0 spiro atoms. The van der Waals surface area contributed by atoms with Gasteiger partial charge in [-0.25, -0.2) is 0 Å². The summed E-state index contributed by atoms with van der Waals surface area (Å²) in [5, 5.41) is 2.73. The van der Waals surface area contributed by atoms with Crippen molar-refractivity contribution < 1.29 is 9.59 Å². The molecule has 2 aromatic rings. The van der Waals surface area contributed by atoms with Gasteiger partial charge in [0.1, 0.15) is 0 Å². The number of carbonyl (C=O) groups is 2. The Balaban J connectivity index is 1.55. The zero-order chi connectivity index (χ0) is 19.2. The first-order valence-electron chi connectivity index (χ1n) is 9.42. The molecule has 1 heterocycles. The van der Waals surface area contributed by atoms with Crippen LogP contribution in [0.1, 0.15) is 45.8 Å². The van der Waals surface area contributed by atoms with Crippen LogP contribution in [-0.2, 0) is 11.3 Å². The topological polar surface area (TPSA) is 49.4 Å². The average Bonchev–Trinajstić information content (AvgIpc) is 2.72. The van der Waals surface area contributed by atoms with Gasteiger partial charge in [0.2, 0.25) is 5.91 Å². The van der Waals surface area contributed by atoms with E-state index >= 15 is 0 Å². The Hall–Kier alpha value is -2.88. The number of benzene rings is 2. The molecular weight excluding hydrogens is 336 g/mol. The van der Waals surface area contributed by atoms with E-state index in [0.29, 0.717) is 18.0 Å². The Morgan fingerprint density at radius 3 is 2.30 bits per heavy atom. The zero-order valence-electron chi connectivity index (χ0n) is 15.8. The highest BCUT2D eigenvalue weighted by Gasteiger charge is 2.24. The van der Waals surface area contributed by atoms with Crippen molar-refractivity contribution in [3.8, 4) is 0 Å². The van der Waals surface area contributed by atoms with Crippen LogP contribution in [0.4, 0.5) is 0 Å². The molecule has 0 aliphatic carbocycles. The minimum absolute atomic E-state index is 0.0824. The van der Waals surface area contributed by atoms with Crippen LogP contribution in [0.5, 0.6) is 0 Å². The third-order valence-electron chi connectivity index (χ3n) is 5.18. The Morgan fingerprint density at radius 2 is 1.70 bits per heavy atom. The van der Waals surface area contributed by atoms with Crippen LogP contribution in [0.25, 0.3) is 0 Å². The van der Waals surface area contributed by atoms with Gasteiger partial charge < -0.3 is 10.2 Å². The van der Waals surface area contributed by atoms with E-state index in [0.717, 1.165) is 31.5 Å². The number of carbonyl (C=O) groups excluding carboxylic acids is 2. The molecule has 2 aromatic carbocycles. The lowest BCUT2D eigenvalue weighted by Gasteiger charge is -2.32. The number of rotatable bonds is 5. The largest absolute Gasteiger partial charge is 0.348 e. The number of aryl methyl sites for hydroxylation is 1. The molecule has 0 aromatic heterocycles. The maximum absolute atomic E-state index is 12.8. The van der Waals surface area contributed by atoms with Crippen molar-refractivity contribution in [2.24, 2.45) is 0 Å². The van der Waals surface area contributed by atoms with Crippen LogP contribution in [0, 0.1) is 6.92 Å². The van der Waals surface area contributed by atoms with Crippen LogP contribution in [0.2, 0.25) is 0 Å². The summed E-state index contributed by atoms with van der Waals surface area (Å²) in [7, 11) is 0. The molecule has 1 aliphatic rings. The summed E-state index contributed by atoms with van der Waals surface area (Å²) in [6.45, 7) is 7.53. The second kappa shape index (κ2) is 8.67. The third-order valence-corrected chi connectivity index (χ3v) is 5.18. The standard InChI is InChI=1S/C23H26N2O2/c1-3-22(26)24-16-18-6-10-21(11-7-18)23(27)25-14-12-20(13-15-25)19-8-4-17(2)5-9-19/h3-11,20H,1,12-16H2,2H3,(H,24,26). The quantitative estimate of drug-likeness (QED) is 0.822. The second-order valence-corrected chi connectivity index (χ2v) is 7.10. The summed E-state index contributed by atoms with van der Waals surface area (Å²) in [5.41, 5.74) is 4.31. The van der Waals surface area contributed by atoms with E-state index in [1.54, 1.807) is 0 Å². The number of nitrogens with one attached hydrogen (secondary N) is 1. The zero-order valence-corrected chi connectivity index (χ0v) is 15.8. The molecule has 4 nitrogen and oxygen atoms in total. The first-order valence-corrected chi connectivity index (χ1v) is 9.42. The molecule has 4 heteroatoms. The van der Waals surface area contributed by atoms with Gasteiger partial charge in [-0.15, -0.1) is 0 Å². The van der Waals surface area contributed by atoms with Crippen molar-refractivity contribution in [3.05, 3.63) is 83.4 Å². The molecule has 0 unspecified atom stereocenters. The van der Waals surface area contributed by atoms with E-state index < -0.39 is 0 Å². The van der Waals surface area contributed by atoms with E-state index in [2.05, 4.69) is 43.1 Å². The summed E-state index contributed by atoms with van der Waals surface area (Å²) in [6, 6.07) is 16.2.